The van der Waals surface area contributed by atoms with Gasteiger partial charge >= 0.3 is 5.82 Å². The molecular weight excluding hydrogens is 328 g/mol. The van der Waals surface area contributed by atoms with Crippen molar-refractivity contribution in [2.45, 2.75) is 0 Å². The Labute approximate surface area is 142 Å². The van der Waals surface area contributed by atoms with Crippen molar-refractivity contribution in [2.24, 2.45) is 0 Å². The maximum atomic E-state index is 9.94. The lowest BCUT2D eigenvalue weighted by molar-refractivity contribution is -0.542. The van der Waals surface area contributed by atoms with E-state index in [-0.39, 0.29) is 0 Å². The quantitative estimate of drug-likeness (QED) is 0.410. The number of para-hydroxylation sites is 2. The first-order valence-electron chi connectivity index (χ1n) is 6.84. The van der Waals surface area contributed by atoms with Gasteiger partial charge in [-0.2, -0.15) is 0 Å². The van der Waals surface area contributed by atoms with Crippen molar-refractivity contribution >= 4 is 17.2 Å². The van der Waals surface area contributed by atoms with Crippen molar-refractivity contribution in [3.63, 3.8) is 0 Å². The third-order valence-electron chi connectivity index (χ3n) is 2.53. The second kappa shape index (κ2) is 9.94. The second-order valence-electron chi connectivity index (χ2n) is 4.43. The van der Waals surface area contributed by atoms with E-state index in [0.717, 1.165) is 23.9 Å². The Morgan fingerprint density at radius 2 is 1.28 bits per heavy atom. The zero-order chi connectivity index (χ0) is 18.7. The number of nitrogens with zero attached hydrogens (tertiary/aromatic N) is 4. The number of nitro groups is 2. The van der Waals surface area contributed by atoms with Crippen LogP contribution in [0.5, 0.6) is 0 Å². The van der Waals surface area contributed by atoms with Gasteiger partial charge < -0.3 is 21.6 Å². The first-order chi connectivity index (χ1) is 11.9. The summed E-state index contributed by atoms with van der Waals surface area (Å²) < 4.78 is 0.415. The molecule has 2 aromatic carbocycles. The van der Waals surface area contributed by atoms with Gasteiger partial charge in [0.2, 0.25) is 0 Å². The molecule has 0 aliphatic heterocycles. The molecule has 0 saturated heterocycles. The van der Waals surface area contributed by atoms with Gasteiger partial charge in [-0.15, -0.1) is 0 Å². The molecule has 0 atom stereocenters. The summed E-state index contributed by atoms with van der Waals surface area (Å²) in [5, 5.41) is 19.1. The zero-order valence-electron chi connectivity index (χ0n) is 13.0. The number of aromatic nitrogens is 2. The van der Waals surface area contributed by atoms with Crippen molar-refractivity contribution in [3.05, 3.63) is 93.4 Å². The molecule has 0 aliphatic carbocycles. The van der Waals surface area contributed by atoms with Crippen molar-refractivity contribution < 1.29 is 9.96 Å². The number of hydrogen-bond acceptors (Lipinski definition) is 7. The minimum atomic E-state index is -0.819. The molecule has 0 bridgehead atoms. The van der Waals surface area contributed by atoms with E-state index in [1.165, 1.54) is 0 Å². The molecule has 0 amide bonds. The number of benzene rings is 2. The van der Waals surface area contributed by atoms with Gasteiger partial charge in [-0.3, -0.25) is 0 Å². The fourth-order valence-corrected chi connectivity index (χ4v) is 1.39. The molecule has 3 aromatic rings. The van der Waals surface area contributed by atoms with E-state index < -0.39 is 15.8 Å². The lowest BCUT2D eigenvalue weighted by Gasteiger charge is -1.83. The van der Waals surface area contributed by atoms with E-state index in [4.69, 9.17) is 11.5 Å². The van der Waals surface area contributed by atoms with Crippen LogP contribution in [0.1, 0.15) is 0 Å². The Kier molecular flexibility index (Phi) is 7.60. The lowest BCUT2D eigenvalue weighted by atomic mass is 10.3. The Hall–Kier alpha value is -3.95. The molecule has 0 spiro atoms. The van der Waals surface area contributed by atoms with Crippen LogP contribution in [-0.4, -0.2) is 19.6 Å². The maximum absolute atomic E-state index is 9.94. The van der Waals surface area contributed by atoms with Crippen LogP contribution in [-0.2, 0) is 0 Å². The summed E-state index contributed by atoms with van der Waals surface area (Å²) in [6, 6.07) is 19.0. The number of nitrogens with two attached hydrogens (primary N) is 2. The molecule has 0 unspecified atom stereocenters. The van der Waals surface area contributed by atoms with Crippen LogP contribution in [0.15, 0.2) is 73.2 Å². The standard InChI is InChI=1S/2C6H7N.C3H2N4O4/c2*7-6-4-2-1-3-5-6;8-6(9)3-1-5(2-4-3)7(10)11/h2*1-5H,7H2;1-2H. The minimum Gasteiger partial charge on any atom is -0.399 e. The molecule has 0 aliphatic rings. The third kappa shape index (κ3) is 7.74. The first kappa shape index (κ1) is 19.1. The number of imidazole rings is 1. The molecule has 0 saturated carbocycles. The molecule has 130 valence electrons. The summed E-state index contributed by atoms with van der Waals surface area (Å²) in [5.41, 5.74) is 12.4. The van der Waals surface area contributed by atoms with E-state index in [9.17, 15) is 20.2 Å². The van der Waals surface area contributed by atoms with E-state index in [0.29, 0.717) is 4.68 Å². The van der Waals surface area contributed by atoms with Gasteiger partial charge in [-0.1, -0.05) is 36.4 Å². The normalized spacial score (nSPS) is 8.96. The largest absolute Gasteiger partial charge is 0.399 e. The van der Waals surface area contributed by atoms with Crippen LogP contribution in [0.3, 0.4) is 0 Å². The summed E-state index contributed by atoms with van der Waals surface area (Å²) in [5.74, 6) is -0.540. The number of hydrogen-bond donors (Lipinski definition) is 2. The molecule has 25 heavy (non-hydrogen) atoms. The summed E-state index contributed by atoms with van der Waals surface area (Å²) >= 11 is 0. The minimum absolute atomic E-state index is 0.415. The predicted octanol–water partition coefficient (Wildman–Crippen LogP) is 2.37. The highest BCUT2D eigenvalue weighted by atomic mass is 16.7. The Morgan fingerprint density at radius 3 is 1.48 bits per heavy atom. The fourth-order valence-electron chi connectivity index (χ4n) is 1.39. The van der Waals surface area contributed by atoms with Crippen LogP contribution in [0, 0.1) is 20.2 Å². The van der Waals surface area contributed by atoms with Gasteiger partial charge in [-0.25, -0.2) is 10.1 Å². The van der Waals surface area contributed by atoms with E-state index in [1.807, 2.05) is 60.7 Å². The first-order valence-corrected chi connectivity index (χ1v) is 6.84. The fraction of sp³-hybridized carbons (Fsp3) is 0. The van der Waals surface area contributed by atoms with Gasteiger partial charge in [0.15, 0.2) is 11.2 Å². The SMILES string of the molecule is Nc1ccccc1.Nc1ccccc1.O=[N+]([O-])c1cn([N+](=O)[O-])cn1. The van der Waals surface area contributed by atoms with Crippen LogP contribution >= 0.6 is 0 Å². The van der Waals surface area contributed by atoms with Gasteiger partial charge in [0.1, 0.15) is 0 Å². The highest BCUT2D eigenvalue weighted by Crippen LogP contribution is 2.04. The van der Waals surface area contributed by atoms with E-state index >= 15 is 0 Å². The summed E-state index contributed by atoms with van der Waals surface area (Å²) in [6.45, 7) is 0. The molecule has 4 N–H and O–H groups in total. The molecule has 3 rings (SSSR count). The molecule has 0 fully saturated rings. The van der Waals surface area contributed by atoms with Crippen molar-refractivity contribution in [2.75, 3.05) is 11.5 Å². The van der Waals surface area contributed by atoms with Gasteiger partial charge in [0.05, 0.1) is 0 Å². The van der Waals surface area contributed by atoms with Gasteiger partial charge in [0.25, 0.3) is 6.33 Å². The Balaban J connectivity index is 0.000000195. The molecule has 0 radical (unpaired) electrons. The van der Waals surface area contributed by atoms with E-state index in [1.54, 1.807) is 0 Å². The number of nitrogen functional groups attached to an aromatic ring is 2. The lowest BCUT2D eigenvalue weighted by Crippen LogP contribution is -2.04. The summed E-state index contributed by atoms with van der Waals surface area (Å²) in [7, 11) is 0. The second-order valence-corrected chi connectivity index (χ2v) is 4.43. The van der Waals surface area contributed by atoms with Crippen LogP contribution < -0.4 is 11.5 Å². The molecule has 10 nitrogen and oxygen atoms in total. The Morgan fingerprint density at radius 1 is 0.840 bits per heavy atom. The van der Waals surface area contributed by atoms with Crippen molar-refractivity contribution in [3.8, 4) is 0 Å². The average molecular weight is 344 g/mol. The van der Waals surface area contributed by atoms with Crippen molar-refractivity contribution in [1.82, 2.24) is 9.66 Å². The Bertz CT molecular complexity index is 726. The maximum Gasteiger partial charge on any atom is 0.388 e. The number of rotatable bonds is 2. The summed E-state index contributed by atoms with van der Waals surface area (Å²) in [6.07, 6.45) is 1.48. The monoisotopic (exact) mass is 344 g/mol. The average Bonchev–Trinajstić information content (AvgIpc) is 3.08. The van der Waals surface area contributed by atoms with Crippen molar-refractivity contribution in [1.29, 1.82) is 0 Å². The smallest absolute Gasteiger partial charge is 0.388 e. The molecular formula is C15H16N6O4. The molecule has 10 heteroatoms. The highest BCUT2D eigenvalue weighted by Gasteiger charge is 2.14. The molecule has 1 aromatic heterocycles. The molecule has 1 heterocycles. The summed E-state index contributed by atoms with van der Waals surface area (Å²) in [4.78, 5) is 22.2. The van der Waals surface area contributed by atoms with Crippen LogP contribution in [0.25, 0.3) is 0 Å². The predicted molar refractivity (Wildman–Crippen MR) is 93.0 cm³/mol. The highest BCUT2D eigenvalue weighted by molar-refractivity contribution is 5.36. The third-order valence-corrected chi connectivity index (χ3v) is 2.53. The topological polar surface area (TPSA) is 156 Å². The number of anilines is 2. The van der Waals surface area contributed by atoms with E-state index in [2.05, 4.69) is 4.98 Å². The van der Waals surface area contributed by atoms with Gasteiger partial charge in [0, 0.05) is 11.4 Å². The van der Waals surface area contributed by atoms with Crippen LogP contribution in [0.4, 0.5) is 17.2 Å². The zero-order valence-corrected chi connectivity index (χ0v) is 13.0. The van der Waals surface area contributed by atoms with Gasteiger partial charge in [-0.05, 0) is 38.8 Å². The van der Waals surface area contributed by atoms with Crippen LogP contribution in [0.2, 0.25) is 0 Å².